The van der Waals surface area contributed by atoms with Gasteiger partial charge in [0, 0.05) is 26.4 Å². The lowest BCUT2D eigenvalue weighted by Crippen LogP contribution is -2.31. The van der Waals surface area contributed by atoms with Gasteiger partial charge in [-0.25, -0.2) is 4.98 Å². The molecule has 0 saturated heterocycles. The van der Waals surface area contributed by atoms with Crippen LogP contribution in [0.5, 0.6) is 0 Å². The highest BCUT2D eigenvalue weighted by molar-refractivity contribution is 7.99. The molecule has 0 bridgehead atoms. The molecule has 1 aliphatic heterocycles. The molecule has 0 fully saturated rings. The quantitative estimate of drug-likeness (QED) is 0.731. The molecule has 0 saturated carbocycles. The number of hydrogen-bond acceptors (Lipinski definition) is 4. The van der Waals surface area contributed by atoms with Crippen LogP contribution < -0.4 is 10.5 Å². The second-order valence-corrected chi connectivity index (χ2v) is 5.17. The summed E-state index contributed by atoms with van der Waals surface area (Å²) in [6.45, 7) is 2.82. The van der Waals surface area contributed by atoms with E-state index in [4.69, 9.17) is 0 Å². The van der Waals surface area contributed by atoms with Crippen molar-refractivity contribution < 1.29 is 0 Å². The molecule has 1 aromatic heterocycles. The van der Waals surface area contributed by atoms with Crippen LogP contribution in [0, 0.1) is 0 Å². The van der Waals surface area contributed by atoms with Gasteiger partial charge in [-0.15, -0.1) is 0 Å². The number of nitrogens with zero attached hydrogens (tertiary/aromatic N) is 3. The summed E-state index contributed by atoms with van der Waals surface area (Å²) in [7, 11) is 3.87. The maximum absolute atomic E-state index is 12.3. The lowest BCUT2D eigenvalue weighted by molar-refractivity contribution is 0.556. The first-order chi connectivity index (χ1) is 7.65. The van der Waals surface area contributed by atoms with Crippen molar-refractivity contribution >= 4 is 17.6 Å². The van der Waals surface area contributed by atoms with Crippen LogP contribution in [0.15, 0.2) is 9.95 Å². The van der Waals surface area contributed by atoms with Gasteiger partial charge in [-0.1, -0.05) is 18.7 Å². The first-order valence-corrected chi connectivity index (χ1v) is 6.57. The molecule has 2 rings (SSSR count). The molecule has 16 heavy (non-hydrogen) atoms. The van der Waals surface area contributed by atoms with Crippen LogP contribution in [0.2, 0.25) is 0 Å². The lowest BCUT2D eigenvalue weighted by atomic mass is 10.2. The van der Waals surface area contributed by atoms with E-state index >= 15 is 0 Å². The second kappa shape index (κ2) is 4.49. The van der Waals surface area contributed by atoms with Gasteiger partial charge in [0.25, 0.3) is 5.56 Å². The number of thioether (sulfide) groups is 1. The average molecular weight is 239 g/mol. The summed E-state index contributed by atoms with van der Waals surface area (Å²) >= 11 is 1.68. The van der Waals surface area contributed by atoms with Crippen LogP contribution >= 0.6 is 11.8 Å². The van der Waals surface area contributed by atoms with Gasteiger partial charge in [0.05, 0.1) is 5.56 Å². The number of hydrogen-bond donors (Lipinski definition) is 0. The fraction of sp³-hybridized carbons (Fsp3) is 0.636. The van der Waals surface area contributed by atoms with Crippen molar-refractivity contribution in [2.75, 3.05) is 24.7 Å². The van der Waals surface area contributed by atoms with E-state index in [0.717, 1.165) is 41.7 Å². The maximum Gasteiger partial charge on any atom is 0.259 e. The van der Waals surface area contributed by atoms with Gasteiger partial charge < -0.3 is 4.90 Å². The van der Waals surface area contributed by atoms with Crippen molar-refractivity contribution in [3.63, 3.8) is 0 Å². The van der Waals surface area contributed by atoms with Crippen molar-refractivity contribution in [2.24, 2.45) is 0 Å². The highest BCUT2D eigenvalue weighted by Gasteiger charge is 2.19. The molecule has 1 aliphatic rings. The molecule has 0 N–H and O–H groups in total. The summed E-state index contributed by atoms with van der Waals surface area (Å²) in [6.07, 6.45) is 1.80. The molecular weight excluding hydrogens is 222 g/mol. The molecule has 2 heterocycles. The van der Waals surface area contributed by atoms with E-state index in [0.29, 0.717) is 0 Å². The fourth-order valence-electron chi connectivity index (χ4n) is 1.94. The SMILES string of the molecule is CCc1c(N(C)C)nc2n(c1=O)CCCS2. The van der Waals surface area contributed by atoms with E-state index in [9.17, 15) is 4.79 Å². The third-order valence-electron chi connectivity index (χ3n) is 2.74. The van der Waals surface area contributed by atoms with Crippen molar-refractivity contribution in [2.45, 2.75) is 31.5 Å². The van der Waals surface area contributed by atoms with Gasteiger partial charge >= 0.3 is 0 Å². The Morgan fingerprint density at radius 2 is 2.25 bits per heavy atom. The van der Waals surface area contributed by atoms with E-state index in [2.05, 4.69) is 4.98 Å². The van der Waals surface area contributed by atoms with Crippen LogP contribution in [0.4, 0.5) is 5.82 Å². The maximum atomic E-state index is 12.3. The minimum absolute atomic E-state index is 0.142. The summed E-state index contributed by atoms with van der Waals surface area (Å²) in [6, 6.07) is 0. The summed E-state index contributed by atoms with van der Waals surface area (Å²) in [5.41, 5.74) is 0.972. The molecule has 4 nitrogen and oxygen atoms in total. The number of aromatic nitrogens is 2. The van der Waals surface area contributed by atoms with Crippen LogP contribution in [0.3, 0.4) is 0 Å². The van der Waals surface area contributed by atoms with E-state index in [1.807, 2.05) is 30.5 Å². The largest absolute Gasteiger partial charge is 0.362 e. The molecule has 0 aromatic carbocycles. The lowest BCUT2D eigenvalue weighted by Gasteiger charge is -2.22. The fourth-order valence-corrected chi connectivity index (χ4v) is 2.87. The third-order valence-corrected chi connectivity index (χ3v) is 3.80. The zero-order valence-electron chi connectivity index (χ0n) is 9.99. The van der Waals surface area contributed by atoms with Crippen LogP contribution in [-0.2, 0) is 13.0 Å². The van der Waals surface area contributed by atoms with Gasteiger partial charge in [-0.3, -0.25) is 9.36 Å². The van der Waals surface area contributed by atoms with E-state index in [1.54, 1.807) is 11.8 Å². The molecule has 5 heteroatoms. The second-order valence-electron chi connectivity index (χ2n) is 4.10. The minimum Gasteiger partial charge on any atom is -0.362 e. The van der Waals surface area contributed by atoms with Crippen LogP contribution in [0.1, 0.15) is 18.9 Å². The summed E-state index contributed by atoms with van der Waals surface area (Å²) in [4.78, 5) is 18.8. The Bertz CT molecular complexity index is 453. The molecule has 0 unspecified atom stereocenters. The van der Waals surface area contributed by atoms with E-state index in [1.165, 1.54) is 0 Å². The number of anilines is 1. The van der Waals surface area contributed by atoms with Crippen molar-refractivity contribution in [1.29, 1.82) is 0 Å². The predicted octanol–water partition coefficient (Wildman–Crippen LogP) is 1.37. The Labute approximate surface area is 99.7 Å². The van der Waals surface area contributed by atoms with Gasteiger partial charge in [0.15, 0.2) is 5.16 Å². The Morgan fingerprint density at radius 1 is 1.50 bits per heavy atom. The summed E-state index contributed by atoms with van der Waals surface area (Å²) in [5.74, 6) is 1.89. The van der Waals surface area contributed by atoms with Crippen molar-refractivity contribution in [1.82, 2.24) is 9.55 Å². The van der Waals surface area contributed by atoms with Crippen molar-refractivity contribution in [3.8, 4) is 0 Å². The Morgan fingerprint density at radius 3 is 2.88 bits per heavy atom. The zero-order chi connectivity index (χ0) is 11.7. The average Bonchev–Trinajstić information content (AvgIpc) is 2.29. The van der Waals surface area contributed by atoms with Gasteiger partial charge in [0.1, 0.15) is 5.82 Å². The Hall–Kier alpha value is -0.970. The smallest absolute Gasteiger partial charge is 0.259 e. The molecule has 0 atom stereocenters. The minimum atomic E-state index is 0.142. The van der Waals surface area contributed by atoms with Crippen molar-refractivity contribution in [3.05, 3.63) is 15.9 Å². The Balaban J connectivity index is 2.64. The van der Waals surface area contributed by atoms with Gasteiger partial charge in [0.2, 0.25) is 0 Å². The zero-order valence-corrected chi connectivity index (χ0v) is 10.8. The molecule has 0 spiro atoms. The van der Waals surface area contributed by atoms with E-state index in [-0.39, 0.29) is 5.56 Å². The monoisotopic (exact) mass is 239 g/mol. The molecular formula is C11H17N3OS. The molecule has 0 radical (unpaired) electrons. The molecule has 88 valence electrons. The standard InChI is InChI=1S/C11H17N3OS/c1-4-8-9(13(2)3)12-11-14(10(8)15)6-5-7-16-11/h4-7H2,1-3H3. The van der Waals surface area contributed by atoms with Gasteiger partial charge in [-0.2, -0.15) is 0 Å². The molecule has 0 aliphatic carbocycles. The van der Waals surface area contributed by atoms with Crippen LogP contribution in [0.25, 0.3) is 0 Å². The normalized spacial score (nSPS) is 14.7. The predicted molar refractivity (Wildman–Crippen MR) is 67.5 cm³/mol. The van der Waals surface area contributed by atoms with Crippen LogP contribution in [-0.4, -0.2) is 29.4 Å². The highest BCUT2D eigenvalue weighted by atomic mass is 32.2. The first kappa shape index (κ1) is 11.5. The molecule has 1 aromatic rings. The highest BCUT2D eigenvalue weighted by Crippen LogP contribution is 2.24. The Kier molecular flexibility index (Phi) is 3.23. The summed E-state index contributed by atoms with van der Waals surface area (Å²) < 4.78 is 1.82. The number of fused-ring (bicyclic) bond motifs is 1. The molecule has 0 amide bonds. The topological polar surface area (TPSA) is 38.1 Å². The summed E-state index contributed by atoms with van der Waals surface area (Å²) in [5, 5.41) is 0.872. The first-order valence-electron chi connectivity index (χ1n) is 5.59. The van der Waals surface area contributed by atoms with Gasteiger partial charge in [-0.05, 0) is 12.8 Å². The van der Waals surface area contributed by atoms with E-state index < -0.39 is 0 Å². The number of rotatable bonds is 2. The third kappa shape index (κ3) is 1.84.